The molecule has 0 aliphatic heterocycles. The third-order valence-corrected chi connectivity index (χ3v) is 5.98. The molecule has 0 aliphatic rings. The van der Waals surface area contributed by atoms with E-state index in [2.05, 4.69) is 15.5 Å². The van der Waals surface area contributed by atoms with Gasteiger partial charge in [-0.3, -0.25) is 14.6 Å². The number of pyridine rings is 1. The van der Waals surface area contributed by atoms with E-state index < -0.39 is 16.0 Å². The molecule has 1 heterocycles. The van der Waals surface area contributed by atoms with Crippen LogP contribution in [0.3, 0.4) is 0 Å². The van der Waals surface area contributed by atoms with Crippen molar-refractivity contribution in [2.24, 2.45) is 5.10 Å². The Hall–Kier alpha value is -3.11. The summed E-state index contributed by atoms with van der Waals surface area (Å²) in [6.07, 6.45) is 3.14. The lowest BCUT2D eigenvalue weighted by atomic mass is 10.1. The van der Waals surface area contributed by atoms with Crippen LogP contribution in [-0.2, 0) is 14.8 Å². The number of benzene rings is 1. The second kappa shape index (κ2) is 9.89. The number of sulfonamides is 1. The van der Waals surface area contributed by atoms with Gasteiger partial charge in [-0.25, -0.2) is 18.1 Å². The van der Waals surface area contributed by atoms with Crippen molar-refractivity contribution in [1.82, 2.24) is 14.7 Å². The fourth-order valence-electron chi connectivity index (χ4n) is 2.39. The van der Waals surface area contributed by atoms with Gasteiger partial charge in [-0.2, -0.15) is 5.10 Å². The first kappa shape index (κ1) is 22.2. The van der Waals surface area contributed by atoms with Crippen molar-refractivity contribution >= 4 is 27.6 Å². The van der Waals surface area contributed by atoms with Crippen molar-refractivity contribution in [3.05, 3.63) is 59.9 Å². The van der Waals surface area contributed by atoms with Gasteiger partial charge >= 0.3 is 5.97 Å². The summed E-state index contributed by atoms with van der Waals surface area (Å²) in [5.41, 5.74) is 4.01. The highest BCUT2D eigenvalue weighted by molar-refractivity contribution is 7.89. The number of aliphatic carboxylic acids is 1. The van der Waals surface area contributed by atoms with E-state index >= 15 is 0 Å². The number of aromatic nitrogens is 1. The van der Waals surface area contributed by atoms with Crippen LogP contribution < -0.4 is 5.43 Å². The van der Waals surface area contributed by atoms with Gasteiger partial charge in [0.05, 0.1) is 10.6 Å². The second-order valence-electron chi connectivity index (χ2n) is 6.22. The fraction of sp³-hybridized carbons (Fsp3) is 0.263. The standard InChI is InChI=1S/C19H22N4O5S/c1-14(21-22-19(26)16-9-11-20-12-10-16)15-5-7-17(8-6-15)29(27,28)23(2)13-3-4-18(24)25/h5-12H,3-4,13H2,1-2H3,(H,22,26)(H,24,25)/b21-14-. The molecule has 2 aromatic rings. The van der Waals surface area contributed by atoms with Crippen LogP contribution in [0.1, 0.15) is 35.7 Å². The van der Waals surface area contributed by atoms with Crippen LogP contribution >= 0.6 is 0 Å². The maximum absolute atomic E-state index is 12.5. The third-order valence-electron chi connectivity index (χ3n) is 4.11. The average Bonchev–Trinajstić information content (AvgIpc) is 2.72. The SMILES string of the molecule is C/C(=N/NC(=O)c1ccncc1)c1ccc(S(=O)(=O)N(C)CCCC(=O)O)cc1. The van der Waals surface area contributed by atoms with Crippen LogP contribution in [0.25, 0.3) is 0 Å². The zero-order valence-electron chi connectivity index (χ0n) is 16.1. The molecular weight excluding hydrogens is 396 g/mol. The lowest BCUT2D eigenvalue weighted by Gasteiger charge is -2.17. The Bertz CT molecular complexity index is 989. The van der Waals surface area contributed by atoms with Crippen molar-refractivity contribution in [2.75, 3.05) is 13.6 Å². The zero-order valence-corrected chi connectivity index (χ0v) is 16.9. The Morgan fingerprint density at radius 1 is 1.10 bits per heavy atom. The third kappa shape index (κ3) is 6.19. The van der Waals surface area contributed by atoms with Crippen molar-refractivity contribution in [3.8, 4) is 0 Å². The van der Waals surface area contributed by atoms with Gasteiger partial charge in [0.1, 0.15) is 0 Å². The Balaban J connectivity index is 2.04. The minimum absolute atomic E-state index is 0.0905. The molecule has 2 N–H and O–H groups in total. The van der Waals surface area contributed by atoms with E-state index in [1.54, 1.807) is 31.2 Å². The van der Waals surface area contributed by atoms with Gasteiger partial charge in [0.15, 0.2) is 0 Å². The van der Waals surface area contributed by atoms with E-state index in [9.17, 15) is 18.0 Å². The summed E-state index contributed by atoms with van der Waals surface area (Å²) < 4.78 is 26.2. The van der Waals surface area contributed by atoms with Gasteiger partial charge in [0.25, 0.3) is 5.91 Å². The summed E-state index contributed by atoms with van der Waals surface area (Å²) in [5, 5.41) is 12.7. The molecule has 0 radical (unpaired) electrons. The molecule has 0 unspecified atom stereocenters. The zero-order chi connectivity index (χ0) is 21.4. The van der Waals surface area contributed by atoms with E-state index in [-0.39, 0.29) is 30.2 Å². The molecule has 9 nitrogen and oxygen atoms in total. The summed E-state index contributed by atoms with van der Waals surface area (Å²) >= 11 is 0. The predicted molar refractivity (Wildman–Crippen MR) is 107 cm³/mol. The molecule has 154 valence electrons. The first-order valence-electron chi connectivity index (χ1n) is 8.75. The highest BCUT2D eigenvalue weighted by Gasteiger charge is 2.20. The van der Waals surface area contributed by atoms with Crippen LogP contribution in [0.15, 0.2) is 58.8 Å². The highest BCUT2D eigenvalue weighted by atomic mass is 32.2. The first-order valence-corrected chi connectivity index (χ1v) is 10.2. The molecule has 10 heteroatoms. The number of carboxylic acid groups (broad SMARTS) is 1. The average molecular weight is 418 g/mol. The molecule has 0 bridgehead atoms. The Kier molecular flexibility index (Phi) is 7.57. The molecule has 1 aromatic carbocycles. The van der Waals surface area contributed by atoms with E-state index in [4.69, 9.17) is 5.11 Å². The van der Waals surface area contributed by atoms with Gasteiger partial charge in [-0.1, -0.05) is 12.1 Å². The number of hydrazone groups is 1. The van der Waals surface area contributed by atoms with Crippen LogP contribution in [-0.4, -0.2) is 54.0 Å². The number of hydrogen-bond acceptors (Lipinski definition) is 6. The van der Waals surface area contributed by atoms with Gasteiger partial charge in [0.2, 0.25) is 10.0 Å². The minimum Gasteiger partial charge on any atom is -0.481 e. The molecule has 0 spiro atoms. The number of hydrogen-bond donors (Lipinski definition) is 2. The Morgan fingerprint density at radius 2 is 1.72 bits per heavy atom. The van der Waals surface area contributed by atoms with Gasteiger partial charge in [-0.15, -0.1) is 0 Å². The summed E-state index contributed by atoms with van der Waals surface area (Å²) in [4.78, 5) is 26.5. The topological polar surface area (TPSA) is 129 Å². The highest BCUT2D eigenvalue weighted by Crippen LogP contribution is 2.16. The first-order chi connectivity index (χ1) is 13.7. The van der Waals surface area contributed by atoms with Crippen LogP contribution in [0.2, 0.25) is 0 Å². The normalized spacial score (nSPS) is 12.0. The van der Waals surface area contributed by atoms with E-state index in [1.165, 1.54) is 31.6 Å². The number of carbonyl (C=O) groups excluding carboxylic acids is 1. The number of carbonyl (C=O) groups is 2. The van der Waals surface area contributed by atoms with E-state index in [0.29, 0.717) is 16.8 Å². The van der Waals surface area contributed by atoms with Crippen molar-refractivity contribution in [1.29, 1.82) is 0 Å². The lowest BCUT2D eigenvalue weighted by Crippen LogP contribution is -2.28. The smallest absolute Gasteiger partial charge is 0.303 e. The van der Waals surface area contributed by atoms with Gasteiger partial charge < -0.3 is 5.11 Å². The summed E-state index contributed by atoms with van der Waals surface area (Å²) in [6.45, 7) is 1.80. The van der Waals surface area contributed by atoms with Crippen LogP contribution in [0.5, 0.6) is 0 Å². The van der Waals surface area contributed by atoms with Crippen LogP contribution in [0, 0.1) is 0 Å². The maximum atomic E-state index is 12.5. The van der Waals surface area contributed by atoms with Crippen molar-refractivity contribution < 1.29 is 23.1 Å². The molecule has 2 rings (SSSR count). The number of amides is 1. The molecule has 29 heavy (non-hydrogen) atoms. The van der Waals surface area contributed by atoms with Crippen LogP contribution in [0.4, 0.5) is 0 Å². The molecular formula is C19H22N4O5S. The maximum Gasteiger partial charge on any atom is 0.303 e. The Morgan fingerprint density at radius 3 is 2.31 bits per heavy atom. The largest absolute Gasteiger partial charge is 0.481 e. The molecule has 0 saturated carbocycles. The molecule has 0 atom stereocenters. The quantitative estimate of drug-likeness (QED) is 0.471. The summed E-state index contributed by atoms with van der Waals surface area (Å²) in [5.74, 6) is -1.35. The summed E-state index contributed by atoms with van der Waals surface area (Å²) in [7, 11) is -2.31. The number of nitrogens with zero attached hydrogens (tertiary/aromatic N) is 3. The predicted octanol–water partition coefficient (Wildman–Crippen LogP) is 1.72. The number of carboxylic acids is 1. The number of rotatable bonds is 9. The molecule has 0 fully saturated rings. The summed E-state index contributed by atoms with van der Waals surface area (Å²) in [6, 6.07) is 9.20. The monoisotopic (exact) mass is 418 g/mol. The Labute approximate surface area is 169 Å². The lowest BCUT2D eigenvalue weighted by molar-refractivity contribution is -0.137. The molecule has 1 amide bonds. The fourth-order valence-corrected chi connectivity index (χ4v) is 3.60. The minimum atomic E-state index is -3.72. The molecule has 0 saturated heterocycles. The van der Waals surface area contributed by atoms with E-state index in [0.717, 1.165) is 4.31 Å². The molecule has 0 aliphatic carbocycles. The van der Waals surface area contributed by atoms with Gasteiger partial charge in [-0.05, 0) is 43.2 Å². The van der Waals surface area contributed by atoms with Crippen molar-refractivity contribution in [2.45, 2.75) is 24.7 Å². The van der Waals surface area contributed by atoms with E-state index in [1.807, 2.05) is 0 Å². The van der Waals surface area contributed by atoms with Gasteiger partial charge in [0, 0.05) is 38.0 Å². The molecule has 1 aromatic heterocycles. The number of nitrogens with one attached hydrogen (secondary N) is 1. The second-order valence-corrected chi connectivity index (χ2v) is 8.27. The van der Waals surface area contributed by atoms with Crippen molar-refractivity contribution in [3.63, 3.8) is 0 Å².